The lowest BCUT2D eigenvalue weighted by atomic mass is 10.0. The molecule has 5 heteroatoms. The topological polar surface area (TPSA) is 51.0 Å². The van der Waals surface area contributed by atoms with E-state index in [1.165, 1.54) is 17.7 Å². The molecule has 0 radical (unpaired) electrons. The summed E-state index contributed by atoms with van der Waals surface area (Å²) in [5.41, 5.74) is 4.49. The molecule has 0 unspecified atom stereocenters. The fraction of sp³-hybridized carbons (Fsp3) is 0.0909. The Morgan fingerprint density at radius 3 is 2.33 bits per heavy atom. The Labute approximate surface area is 156 Å². The third-order valence-corrected chi connectivity index (χ3v) is 4.32. The van der Waals surface area contributed by atoms with Crippen LogP contribution in [-0.4, -0.2) is 16.7 Å². The molecule has 0 saturated heterocycles. The number of nitrogens with zero attached hydrogens (tertiary/aromatic N) is 2. The first-order valence-electron chi connectivity index (χ1n) is 8.75. The molecule has 27 heavy (non-hydrogen) atoms. The highest BCUT2D eigenvalue weighted by Crippen LogP contribution is 2.37. The van der Waals surface area contributed by atoms with E-state index in [0.29, 0.717) is 18.1 Å². The molecule has 0 spiro atoms. The summed E-state index contributed by atoms with van der Waals surface area (Å²) in [5.74, 6) is 0.311. The summed E-state index contributed by atoms with van der Waals surface area (Å²) in [7, 11) is 0. The van der Waals surface area contributed by atoms with E-state index in [9.17, 15) is 4.39 Å². The number of nitrogens with one attached hydrogen (secondary N) is 1. The van der Waals surface area contributed by atoms with Crippen LogP contribution in [0.3, 0.4) is 0 Å². The summed E-state index contributed by atoms with van der Waals surface area (Å²) in [5, 5.41) is 7.58. The van der Waals surface area contributed by atoms with E-state index in [1.807, 2.05) is 30.3 Å². The average Bonchev–Trinajstić information content (AvgIpc) is 3.14. The van der Waals surface area contributed by atoms with Gasteiger partial charge < -0.3 is 9.84 Å². The molecule has 1 N–H and O–H groups in total. The molecule has 0 aliphatic carbocycles. The van der Waals surface area contributed by atoms with Gasteiger partial charge in [-0.3, -0.25) is 4.98 Å². The van der Waals surface area contributed by atoms with Gasteiger partial charge in [0.2, 0.25) is 5.88 Å². The van der Waals surface area contributed by atoms with E-state index in [0.717, 1.165) is 23.1 Å². The molecule has 2 aromatic heterocycles. The van der Waals surface area contributed by atoms with Crippen LogP contribution in [0.4, 0.5) is 10.3 Å². The van der Waals surface area contributed by atoms with E-state index >= 15 is 0 Å². The summed E-state index contributed by atoms with van der Waals surface area (Å²) in [4.78, 5) is 4.08. The van der Waals surface area contributed by atoms with E-state index in [4.69, 9.17) is 4.52 Å². The van der Waals surface area contributed by atoms with Crippen molar-refractivity contribution in [3.8, 4) is 22.4 Å². The van der Waals surface area contributed by atoms with Gasteiger partial charge in [0.25, 0.3) is 0 Å². The van der Waals surface area contributed by atoms with Crippen LogP contribution in [0.15, 0.2) is 83.6 Å². The largest absolute Gasteiger partial charge is 0.353 e. The number of rotatable bonds is 6. The average molecular weight is 359 g/mol. The fourth-order valence-electron chi connectivity index (χ4n) is 2.97. The number of hydrogen-bond acceptors (Lipinski definition) is 4. The van der Waals surface area contributed by atoms with Crippen LogP contribution in [0.25, 0.3) is 22.4 Å². The molecule has 0 aliphatic rings. The molecule has 4 aromatic rings. The van der Waals surface area contributed by atoms with Crippen LogP contribution >= 0.6 is 0 Å². The Bertz CT molecular complexity index is 999. The molecule has 2 heterocycles. The lowest BCUT2D eigenvalue weighted by molar-refractivity contribution is 0.435. The molecule has 0 bridgehead atoms. The summed E-state index contributed by atoms with van der Waals surface area (Å²) in [6, 6.07) is 20.3. The summed E-state index contributed by atoms with van der Waals surface area (Å²) >= 11 is 0. The number of pyridine rings is 1. The molecule has 0 amide bonds. The number of benzene rings is 2. The molecule has 134 valence electrons. The van der Waals surface area contributed by atoms with Gasteiger partial charge in [-0.1, -0.05) is 35.5 Å². The molecule has 4 rings (SSSR count). The maximum atomic E-state index is 13.3. The van der Waals surface area contributed by atoms with E-state index in [1.54, 1.807) is 24.5 Å². The smallest absolute Gasteiger partial charge is 0.233 e. The minimum Gasteiger partial charge on any atom is -0.353 e. The Morgan fingerprint density at radius 2 is 1.59 bits per heavy atom. The van der Waals surface area contributed by atoms with Gasteiger partial charge in [-0.15, -0.1) is 0 Å². The van der Waals surface area contributed by atoms with Gasteiger partial charge >= 0.3 is 0 Å². The lowest BCUT2D eigenvalue weighted by Crippen LogP contribution is -2.05. The lowest BCUT2D eigenvalue weighted by Gasteiger charge is -2.07. The highest BCUT2D eigenvalue weighted by Gasteiger charge is 2.19. The van der Waals surface area contributed by atoms with Gasteiger partial charge in [-0.05, 0) is 53.9 Å². The summed E-state index contributed by atoms with van der Waals surface area (Å²) in [6.45, 7) is 0.708. The van der Waals surface area contributed by atoms with Crippen LogP contribution in [-0.2, 0) is 6.42 Å². The van der Waals surface area contributed by atoms with Crippen molar-refractivity contribution in [1.29, 1.82) is 0 Å². The molecule has 4 nitrogen and oxygen atoms in total. The molecule has 0 aliphatic heterocycles. The predicted octanol–water partition coefficient (Wildman–Crippen LogP) is 5.20. The van der Waals surface area contributed by atoms with Gasteiger partial charge in [0, 0.05) is 24.5 Å². The number of hydrogen-bond donors (Lipinski definition) is 1. The molecule has 0 fully saturated rings. The van der Waals surface area contributed by atoms with Crippen molar-refractivity contribution in [2.45, 2.75) is 6.42 Å². The Hall–Kier alpha value is -3.47. The van der Waals surface area contributed by atoms with Crippen molar-refractivity contribution < 1.29 is 8.91 Å². The van der Waals surface area contributed by atoms with E-state index < -0.39 is 0 Å². The van der Waals surface area contributed by atoms with Gasteiger partial charge in [-0.2, -0.15) is 0 Å². The van der Waals surface area contributed by atoms with Crippen LogP contribution < -0.4 is 5.32 Å². The fourth-order valence-corrected chi connectivity index (χ4v) is 2.97. The number of aromatic nitrogens is 2. The second-order valence-electron chi connectivity index (χ2n) is 6.14. The van der Waals surface area contributed by atoms with Gasteiger partial charge in [0.15, 0.2) is 0 Å². The standard InChI is InChI=1S/C22H18FN3O/c23-19-8-6-18(7-9-19)21-20(17-11-13-24-14-12-17)22(27-26-21)25-15-10-16-4-2-1-3-5-16/h1-9,11-14,25H,10,15H2. The van der Waals surface area contributed by atoms with Crippen molar-refractivity contribution in [2.75, 3.05) is 11.9 Å². The van der Waals surface area contributed by atoms with Crippen LogP contribution in [0, 0.1) is 5.82 Å². The first kappa shape index (κ1) is 17.0. The zero-order valence-electron chi connectivity index (χ0n) is 14.6. The van der Waals surface area contributed by atoms with Crippen LogP contribution in [0.2, 0.25) is 0 Å². The molecular formula is C22H18FN3O. The van der Waals surface area contributed by atoms with Crippen molar-refractivity contribution in [3.05, 3.63) is 90.5 Å². The Kier molecular flexibility index (Phi) is 4.92. The van der Waals surface area contributed by atoms with Crippen molar-refractivity contribution >= 4 is 5.88 Å². The van der Waals surface area contributed by atoms with Crippen LogP contribution in [0.1, 0.15) is 5.56 Å². The van der Waals surface area contributed by atoms with Crippen molar-refractivity contribution in [1.82, 2.24) is 10.1 Å². The van der Waals surface area contributed by atoms with Gasteiger partial charge in [-0.25, -0.2) is 4.39 Å². The highest BCUT2D eigenvalue weighted by molar-refractivity contribution is 5.87. The van der Waals surface area contributed by atoms with Crippen molar-refractivity contribution in [2.24, 2.45) is 0 Å². The maximum Gasteiger partial charge on any atom is 0.233 e. The predicted molar refractivity (Wildman–Crippen MR) is 104 cm³/mol. The van der Waals surface area contributed by atoms with E-state index in [2.05, 4.69) is 27.6 Å². The normalized spacial score (nSPS) is 10.7. The zero-order valence-corrected chi connectivity index (χ0v) is 14.6. The van der Waals surface area contributed by atoms with Crippen LogP contribution in [0.5, 0.6) is 0 Å². The second kappa shape index (κ2) is 7.83. The minimum absolute atomic E-state index is 0.283. The molecule has 0 saturated carbocycles. The Morgan fingerprint density at radius 1 is 0.852 bits per heavy atom. The van der Waals surface area contributed by atoms with Crippen molar-refractivity contribution in [3.63, 3.8) is 0 Å². The second-order valence-corrected chi connectivity index (χ2v) is 6.14. The number of anilines is 1. The summed E-state index contributed by atoms with van der Waals surface area (Å²) < 4.78 is 18.9. The molecular weight excluding hydrogens is 341 g/mol. The maximum absolute atomic E-state index is 13.3. The Balaban J connectivity index is 1.64. The summed E-state index contributed by atoms with van der Waals surface area (Å²) in [6.07, 6.45) is 4.32. The third kappa shape index (κ3) is 3.87. The molecule has 2 aromatic carbocycles. The minimum atomic E-state index is -0.283. The highest BCUT2D eigenvalue weighted by atomic mass is 19.1. The first-order chi connectivity index (χ1) is 13.3. The SMILES string of the molecule is Fc1ccc(-c2noc(NCCc3ccccc3)c2-c2ccncc2)cc1. The van der Waals surface area contributed by atoms with Gasteiger partial charge in [0.05, 0.1) is 5.56 Å². The zero-order chi connectivity index (χ0) is 18.5. The quantitative estimate of drug-likeness (QED) is 0.514. The monoisotopic (exact) mass is 359 g/mol. The van der Waals surface area contributed by atoms with E-state index in [-0.39, 0.29) is 5.82 Å². The van der Waals surface area contributed by atoms with Gasteiger partial charge in [0.1, 0.15) is 11.5 Å². The number of halogens is 1. The third-order valence-electron chi connectivity index (χ3n) is 4.32. The molecule has 0 atom stereocenters. The first-order valence-corrected chi connectivity index (χ1v) is 8.75.